The minimum Gasteiger partial charge on any atom is -0.385 e. The molecule has 1 atom stereocenters. The number of hydrogen-bond donors (Lipinski definition) is 2. The molecule has 2 aliphatic rings. The smallest absolute Gasteiger partial charge is 0.191 e. The molecule has 1 saturated heterocycles. The fraction of sp³-hybridized carbons (Fsp3) is 0.696. The van der Waals surface area contributed by atoms with Crippen LogP contribution in [0.3, 0.4) is 0 Å². The monoisotopic (exact) mass is 514 g/mol. The highest BCUT2D eigenvalue weighted by molar-refractivity contribution is 14.0. The molecule has 2 N–H and O–H groups in total. The van der Waals surface area contributed by atoms with E-state index in [1.807, 2.05) is 0 Å². The predicted octanol–water partition coefficient (Wildman–Crippen LogP) is 4.28. The van der Waals surface area contributed by atoms with Gasteiger partial charge >= 0.3 is 0 Å². The van der Waals surface area contributed by atoms with Crippen molar-refractivity contribution < 1.29 is 4.74 Å². The number of nitrogens with zero attached hydrogens (tertiary/aromatic N) is 2. The maximum absolute atomic E-state index is 5.36. The summed E-state index contributed by atoms with van der Waals surface area (Å²) >= 11 is 0. The molecule has 1 aromatic rings. The van der Waals surface area contributed by atoms with Crippen molar-refractivity contribution in [1.82, 2.24) is 10.6 Å². The largest absolute Gasteiger partial charge is 0.385 e. The summed E-state index contributed by atoms with van der Waals surface area (Å²) < 4.78 is 5.36. The van der Waals surface area contributed by atoms with Gasteiger partial charge in [-0.15, -0.1) is 24.0 Å². The zero-order valence-electron chi connectivity index (χ0n) is 18.2. The second-order valence-electron chi connectivity index (χ2n) is 8.46. The number of anilines is 1. The van der Waals surface area contributed by atoms with Gasteiger partial charge in [0.2, 0.25) is 0 Å². The fourth-order valence-electron chi connectivity index (χ4n) is 4.63. The van der Waals surface area contributed by atoms with Crippen LogP contribution in [0, 0.1) is 11.3 Å². The van der Waals surface area contributed by atoms with E-state index in [-0.39, 0.29) is 24.0 Å². The number of nitrogens with one attached hydrogen (secondary N) is 2. The molecular formula is C23H39IN4O. The normalized spacial score (nSPS) is 21.1. The van der Waals surface area contributed by atoms with Gasteiger partial charge in [0.1, 0.15) is 0 Å². The summed E-state index contributed by atoms with van der Waals surface area (Å²) in [5.74, 6) is 1.64. The van der Waals surface area contributed by atoms with Crippen molar-refractivity contribution in [2.24, 2.45) is 16.3 Å². The summed E-state index contributed by atoms with van der Waals surface area (Å²) in [4.78, 5) is 7.48. The van der Waals surface area contributed by atoms with Gasteiger partial charge in [-0.3, -0.25) is 4.99 Å². The van der Waals surface area contributed by atoms with E-state index in [1.165, 1.54) is 37.8 Å². The highest BCUT2D eigenvalue weighted by Crippen LogP contribution is 2.41. The van der Waals surface area contributed by atoms with Crippen LogP contribution in [0.25, 0.3) is 0 Å². The molecule has 1 aliphatic heterocycles. The number of guanidine groups is 1. The van der Waals surface area contributed by atoms with E-state index < -0.39 is 0 Å². The van der Waals surface area contributed by atoms with Gasteiger partial charge in [-0.25, -0.2) is 0 Å². The number of methoxy groups -OCH3 is 1. The topological polar surface area (TPSA) is 48.9 Å². The molecular weight excluding hydrogens is 475 g/mol. The first-order valence-electron chi connectivity index (χ1n) is 11.1. The Kier molecular flexibility index (Phi) is 10.6. The highest BCUT2D eigenvalue weighted by atomic mass is 127. The third kappa shape index (κ3) is 7.31. The zero-order valence-corrected chi connectivity index (χ0v) is 20.5. The third-order valence-corrected chi connectivity index (χ3v) is 6.38. The van der Waals surface area contributed by atoms with Crippen LogP contribution in [0.2, 0.25) is 0 Å². The first-order chi connectivity index (χ1) is 13.7. The van der Waals surface area contributed by atoms with E-state index in [0.29, 0.717) is 11.3 Å². The van der Waals surface area contributed by atoms with Crippen LogP contribution in [0.4, 0.5) is 5.69 Å². The SMILES string of the molecule is CCNC(=NCC1(CCOC)CCCC1)NCC1CCN(c2ccccc2)C1.I. The Labute approximate surface area is 194 Å². The van der Waals surface area contributed by atoms with Gasteiger partial charge in [0, 0.05) is 52.1 Å². The van der Waals surface area contributed by atoms with Gasteiger partial charge in [-0.2, -0.15) is 0 Å². The number of para-hydroxylation sites is 1. The molecule has 2 fully saturated rings. The van der Waals surface area contributed by atoms with E-state index in [2.05, 4.69) is 52.8 Å². The summed E-state index contributed by atoms with van der Waals surface area (Å²) in [5.41, 5.74) is 1.68. The van der Waals surface area contributed by atoms with Crippen LogP contribution >= 0.6 is 24.0 Å². The Balaban J connectivity index is 0.00000300. The minimum atomic E-state index is 0. The maximum atomic E-state index is 5.36. The minimum absolute atomic E-state index is 0. The summed E-state index contributed by atoms with van der Waals surface area (Å²) in [5, 5.41) is 7.05. The van der Waals surface area contributed by atoms with Crippen molar-refractivity contribution in [1.29, 1.82) is 0 Å². The lowest BCUT2D eigenvalue weighted by molar-refractivity contribution is 0.141. The average Bonchev–Trinajstić information content (AvgIpc) is 3.40. The van der Waals surface area contributed by atoms with Crippen molar-refractivity contribution in [3.8, 4) is 0 Å². The van der Waals surface area contributed by atoms with Gasteiger partial charge in [0.05, 0.1) is 0 Å². The summed E-state index contributed by atoms with van der Waals surface area (Å²) in [7, 11) is 1.80. The van der Waals surface area contributed by atoms with Crippen LogP contribution < -0.4 is 15.5 Å². The lowest BCUT2D eigenvalue weighted by Gasteiger charge is -2.27. The Morgan fingerprint density at radius 1 is 1.21 bits per heavy atom. The number of aliphatic imine (C=N–C) groups is 1. The molecule has 0 bridgehead atoms. The molecule has 1 aromatic carbocycles. The van der Waals surface area contributed by atoms with E-state index in [1.54, 1.807) is 7.11 Å². The standard InChI is InChI=1S/C23H38N4O.HI/c1-3-24-22(26-19-23(14-16-28-2)12-7-8-13-23)25-17-20-11-15-27(18-20)21-9-5-4-6-10-21;/h4-6,9-10,20H,3,7-8,11-19H2,1-2H3,(H2,24,25,26);1H. The lowest BCUT2D eigenvalue weighted by Crippen LogP contribution is -2.41. The maximum Gasteiger partial charge on any atom is 0.191 e. The van der Waals surface area contributed by atoms with Gasteiger partial charge < -0.3 is 20.3 Å². The van der Waals surface area contributed by atoms with E-state index >= 15 is 0 Å². The molecule has 0 spiro atoms. The highest BCUT2D eigenvalue weighted by Gasteiger charge is 2.33. The number of benzene rings is 1. The second kappa shape index (κ2) is 12.6. The van der Waals surface area contributed by atoms with E-state index in [0.717, 1.165) is 51.7 Å². The summed E-state index contributed by atoms with van der Waals surface area (Å²) in [6.45, 7) is 8.04. The Morgan fingerprint density at radius 3 is 2.66 bits per heavy atom. The molecule has 1 heterocycles. The van der Waals surface area contributed by atoms with Crippen molar-refractivity contribution in [3.05, 3.63) is 30.3 Å². The Bertz CT molecular complexity index is 604. The average molecular weight is 514 g/mol. The first-order valence-corrected chi connectivity index (χ1v) is 11.1. The summed E-state index contributed by atoms with van der Waals surface area (Å²) in [6, 6.07) is 10.8. The fourth-order valence-corrected chi connectivity index (χ4v) is 4.63. The van der Waals surface area contributed by atoms with Crippen molar-refractivity contribution in [2.75, 3.05) is 51.3 Å². The zero-order chi connectivity index (χ0) is 19.7. The summed E-state index contributed by atoms with van der Waals surface area (Å²) in [6.07, 6.45) is 7.60. The van der Waals surface area contributed by atoms with Crippen LogP contribution in [0.1, 0.15) is 45.4 Å². The predicted molar refractivity (Wildman–Crippen MR) is 134 cm³/mol. The lowest BCUT2D eigenvalue weighted by atomic mass is 9.83. The van der Waals surface area contributed by atoms with E-state index in [4.69, 9.17) is 9.73 Å². The molecule has 0 amide bonds. The van der Waals surface area contributed by atoms with Crippen molar-refractivity contribution >= 4 is 35.6 Å². The van der Waals surface area contributed by atoms with Crippen LogP contribution in [0.15, 0.2) is 35.3 Å². The number of rotatable bonds is 9. The Morgan fingerprint density at radius 2 is 1.97 bits per heavy atom. The van der Waals surface area contributed by atoms with Gasteiger partial charge in [0.15, 0.2) is 5.96 Å². The molecule has 1 unspecified atom stereocenters. The van der Waals surface area contributed by atoms with E-state index in [9.17, 15) is 0 Å². The molecule has 6 heteroatoms. The molecule has 1 aliphatic carbocycles. The molecule has 0 aromatic heterocycles. The van der Waals surface area contributed by atoms with Crippen molar-refractivity contribution in [2.45, 2.75) is 45.4 Å². The molecule has 1 saturated carbocycles. The van der Waals surface area contributed by atoms with Crippen LogP contribution in [-0.4, -0.2) is 52.4 Å². The quantitative estimate of drug-likeness (QED) is 0.294. The first kappa shape index (κ1) is 24.3. The number of hydrogen-bond acceptors (Lipinski definition) is 3. The Hall–Kier alpha value is -1.02. The molecule has 3 rings (SSSR count). The van der Waals surface area contributed by atoms with Gasteiger partial charge in [-0.1, -0.05) is 31.0 Å². The molecule has 5 nitrogen and oxygen atoms in total. The second-order valence-corrected chi connectivity index (χ2v) is 8.46. The molecule has 164 valence electrons. The van der Waals surface area contributed by atoms with Crippen LogP contribution in [-0.2, 0) is 4.74 Å². The van der Waals surface area contributed by atoms with Gasteiger partial charge in [-0.05, 0) is 56.1 Å². The van der Waals surface area contributed by atoms with Crippen molar-refractivity contribution in [3.63, 3.8) is 0 Å². The molecule has 29 heavy (non-hydrogen) atoms. The van der Waals surface area contributed by atoms with Gasteiger partial charge in [0.25, 0.3) is 0 Å². The number of ether oxygens (including phenoxy) is 1. The number of halogens is 1. The van der Waals surface area contributed by atoms with Crippen LogP contribution in [0.5, 0.6) is 0 Å². The third-order valence-electron chi connectivity index (χ3n) is 6.38. The molecule has 0 radical (unpaired) electrons.